The number of hydrogen-bond donors (Lipinski definition) is 1. The van der Waals surface area contributed by atoms with Crippen molar-refractivity contribution >= 4 is 0 Å². The highest BCUT2D eigenvalue weighted by atomic mass is 16.3. The molecule has 1 aromatic rings. The van der Waals surface area contributed by atoms with Crippen LogP contribution in [0.4, 0.5) is 0 Å². The molecule has 0 aromatic carbocycles. The first-order chi connectivity index (χ1) is 6.81. The van der Waals surface area contributed by atoms with Crippen molar-refractivity contribution in [2.24, 2.45) is 7.05 Å². The van der Waals surface area contributed by atoms with Gasteiger partial charge in [0.05, 0.1) is 13.2 Å². The van der Waals surface area contributed by atoms with Crippen LogP contribution in [0.25, 0.3) is 0 Å². The molecule has 1 N–H and O–H groups in total. The van der Waals surface area contributed by atoms with E-state index in [2.05, 4.69) is 9.88 Å². The summed E-state index contributed by atoms with van der Waals surface area (Å²) in [5.74, 6) is 1.07. The molecular weight excluding hydrogens is 178 g/mol. The molecule has 0 bridgehead atoms. The zero-order valence-electron chi connectivity index (χ0n) is 8.56. The second-order valence-corrected chi connectivity index (χ2v) is 3.90. The summed E-state index contributed by atoms with van der Waals surface area (Å²) in [5, 5.41) is 9.17. The Balaban J connectivity index is 2.00. The highest BCUT2D eigenvalue weighted by molar-refractivity contribution is 4.93. The number of aliphatic hydroxyl groups is 1. The summed E-state index contributed by atoms with van der Waals surface area (Å²) in [4.78, 5) is 6.60. The van der Waals surface area contributed by atoms with Gasteiger partial charge in [-0.25, -0.2) is 4.98 Å². The van der Waals surface area contributed by atoms with Crippen molar-refractivity contribution in [2.45, 2.75) is 25.4 Å². The van der Waals surface area contributed by atoms with Gasteiger partial charge in [-0.05, 0) is 19.4 Å². The van der Waals surface area contributed by atoms with Crippen LogP contribution in [0.3, 0.4) is 0 Å². The summed E-state index contributed by atoms with van der Waals surface area (Å²) in [7, 11) is 2.01. The van der Waals surface area contributed by atoms with Gasteiger partial charge in [0.2, 0.25) is 0 Å². The topological polar surface area (TPSA) is 41.3 Å². The van der Waals surface area contributed by atoms with Gasteiger partial charge in [0.15, 0.2) is 0 Å². The molecule has 0 saturated carbocycles. The van der Waals surface area contributed by atoms with Crippen molar-refractivity contribution in [3.05, 3.63) is 18.2 Å². The summed E-state index contributed by atoms with van der Waals surface area (Å²) in [6, 6.07) is 0.340. The SMILES string of the molecule is Cn1ccnc1CN1CCC[C@@H]1CO. The highest BCUT2D eigenvalue weighted by Gasteiger charge is 2.24. The highest BCUT2D eigenvalue weighted by Crippen LogP contribution is 2.18. The maximum Gasteiger partial charge on any atom is 0.122 e. The van der Waals surface area contributed by atoms with Crippen LogP contribution in [0, 0.1) is 0 Å². The summed E-state index contributed by atoms with van der Waals surface area (Å²) in [6.45, 7) is 2.21. The smallest absolute Gasteiger partial charge is 0.122 e. The quantitative estimate of drug-likeness (QED) is 0.758. The Bertz CT molecular complexity index is 297. The first-order valence-corrected chi connectivity index (χ1v) is 5.12. The molecule has 0 spiro atoms. The van der Waals surface area contributed by atoms with E-state index >= 15 is 0 Å². The van der Waals surface area contributed by atoms with Gasteiger partial charge >= 0.3 is 0 Å². The summed E-state index contributed by atoms with van der Waals surface area (Å²) in [5.41, 5.74) is 0. The molecule has 0 unspecified atom stereocenters. The minimum absolute atomic E-state index is 0.268. The van der Waals surface area contributed by atoms with Crippen LogP contribution in [-0.2, 0) is 13.6 Å². The first-order valence-electron chi connectivity index (χ1n) is 5.12. The molecule has 0 aliphatic carbocycles. The molecule has 1 aliphatic rings. The molecule has 1 aromatic heterocycles. The number of hydrogen-bond acceptors (Lipinski definition) is 3. The summed E-state index contributed by atoms with van der Waals surface area (Å²) < 4.78 is 2.03. The summed E-state index contributed by atoms with van der Waals surface area (Å²) in [6.07, 6.45) is 6.08. The van der Waals surface area contributed by atoms with Crippen molar-refractivity contribution in [2.75, 3.05) is 13.2 Å². The van der Waals surface area contributed by atoms with Gasteiger partial charge in [0.1, 0.15) is 5.82 Å². The van der Waals surface area contributed by atoms with Gasteiger partial charge in [-0.2, -0.15) is 0 Å². The third-order valence-electron chi connectivity index (χ3n) is 2.98. The second-order valence-electron chi connectivity index (χ2n) is 3.90. The third kappa shape index (κ3) is 1.81. The van der Waals surface area contributed by atoms with Crippen LogP contribution >= 0.6 is 0 Å². The van der Waals surface area contributed by atoms with Gasteiger partial charge in [0.25, 0.3) is 0 Å². The van der Waals surface area contributed by atoms with Crippen LogP contribution in [0.5, 0.6) is 0 Å². The van der Waals surface area contributed by atoms with Gasteiger partial charge in [-0.1, -0.05) is 0 Å². The number of imidazole rings is 1. The summed E-state index contributed by atoms with van der Waals surface area (Å²) >= 11 is 0. The van der Waals surface area contributed by atoms with Crippen molar-refractivity contribution in [3.63, 3.8) is 0 Å². The predicted molar refractivity (Wildman–Crippen MR) is 53.7 cm³/mol. The van der Waals surface area contributed by atoms with E-state index in [0.29, 0.717) is 6.04 Å². The molecule has 4 heteroatoms. The fourth-order valence-corrected chi connectivity index (χ4v) is 2.04. The van der Waals surface area contributed by atoms with Crippen LogP contribution in [-0.4, -0.2) is 38.8 Å². The van der Waals surface area contributed by atoms with E-state index in [1.165, 1.54) is 6.42 Å². The molecule has 4 nitrogen and oxygen atoms in total. The van der Waals surface area contributed by atoms with Crippen molar-refractivity contribution in [1.29, 1.82) is 0 Å². The molecule has 2 heterocycles. The van der Waals surface area contributed by atoms with Gasteiger partial charge in [-0.3, -0.25) is 4.90 Å². The van der Waals surface area contributed by atoms with Crippen molar-refractivity contribution in [1.82, 2.24) is 14.5 Å². The third-order valence-corrected chi connectivity index (χ3v) is 2.98. The maximum atomic E-state index is 9.17. The van der Waals surface area contributed by atoms with E-state index < -0.39 is 0 Å². The van der Waals surface area contributed by atoms with E-state index in [1.54, 1.807) is 0 Å². The maximum absolute atomic E-state index is 9.17. The minimum atomic E-state index is 0.268. The molecule has 2 rings (SSSR count). The van der Waals surface area contributed by atoms with Crippen LogP contribution in [0.2, 0.25) is 0 Å². The predicted octanol–water partition coefficient (Wildman–Crippen LogP) is 0.377. The lowest BCUT2D eigenvalue weighted by molar-refractivity contribution is 0.150. The second kappa shape index (κ2) is 4.11. The molecule has 1 fully saturated rings. The number of nitrogens with zero attached hydrogens (tertiary/aromatic N) is 3. The van der Waals surface area contributed by atoms with Gasteiger partial charge < -0.3 is 9.67 Å². The Morgan fingerprint density at radius 3 is 3.14 bits per heavy atom. The van der Waals surface area contributed by atoms with Gasteiger partial charge in [-0.15, -0.1) is 0 Å². The number of likely N-dealkylation sites (tertiary alicyclic amines) is 1. The van der Waals surface area contributed by atoms with E-state index in [9.17, 15) is 0 Å². The molecule has 78 valence electrons. The Hall–Kier alpha value is -0.870. The molecule has 1 saturated heterocycles. The fourth-order valence-electron chi connectivity index (χ4n) is 2.04. The largest absolute Gasteiger partial charge is 0.395 e. The molecule has 0 amide bonds. The van der Waals surface area contributed by atoms with E-state index in [1.807, 2.05) is 24.0 Å². The van der Waals surface area contributed by atoms with Crippen LogP contribution in [0.1, 0.15) is 18.7 Å². The van der Waals surface area contributed by atoms with Crippen molar-refractivity contribution in [3.8, 4) is 0 Å². The average Bonchev–Trinajstić information content (AvgIpc) is 2.77. The minimum Gasteiger partial charge on any atom is -0.395 e. The Morgan fingerprint density at radius 2 is 2.50 bits per heavy atom. The lowest BCUT2D eigenvalue weighted by Gasteiger charge is -2.21. The molecule has 14 heavy (non-hydrogen) atoms. The normalized spacial score (nSPS) is 23.1. The number of aryl methyl sites for hydroxylation is 1. The first kappa shape index (κ1) is 9.68. The van der Waals surface area contributed by atoms with Gasteiger partial charge in [0, 0.05) is 25.5 Å². The zero-order valence-corrected chi connectivity index (χ0v) is 8.56. The van der Waals surface area contributed by atoms with E-state index in [4.69, 9.17) is 5.11 Å². The molecular formula is C10H17N3O. The fraction of sp³-hybridized carbons (Fsp3) is 0.700. The Labute approximate surface area is 84.2 Å². The standard InChI is InChI=1S/C10H17N3O/c1-12-6-4-11-10(12)7-13-5-2-3-9(13)8-14/h4,6,9,14H,2-3,5,7-8H2,1H3/t9-/m1/s1. The number of aromatic nitrogens is 2. The number of rotatable bonds is 3. The molecule has 1 atom stereocenters. The zero-order chi connectivity index (χ0) is 9.97. The molecule has 1 aliphatic heterocycles. The lowest BCUT2D eigenvalue weighted by atomic mass is 10.2. The van der Waals surface area contributed by atoms with Crippen LogP contribution < -0.4 is 0 Å². The van der Waals surface area contributed by atoms with Crippen molar-refractivity contribution < 1.29 is 5.11 Å². The van der Waals surface area contributed by atoms with Crippen LogP contribution in [0.15, 0.2) is 12.4 Å². The monoisotopic (exact) mass is 195 g/mol. The Kier molecular flexibility index (Phi) is 2.84. The van der Waals surface area contributed by atoms with E-state index in [-0.39, 0.29) is 6.61 Å². The average molecular weight is 195 g/mol. The van der Waals surface area contributed by atoms with E-state index in [0.717, 1.165) is 25.3 Å². The lowest BCUT2D eigenvalue weighted by Crippen LogP contribution is -2.32. The molecule has 0 radical (unpaired) electrons. The number of aliphatic hydroxyl groups excluding tert-OH is 1. The Morgan fingerprint density at radius 1 is 1.64 bits per heavy atom.